The largest absolute Gasteiger partial charge is 0.338 e. The highest BCUT2D eigenvalue weighted by atomic mass is 32.2. The topological polar surface area (TPSA) is 57.7 Å². The number of anilines is 1. The summed E-state index contributed by atoms with van der Waals surface area (Å²) in [6, 6.07) is 15.7. The maximum atomic E-state index is 12.8. The first-order chi connectivity index (χ1) is 13.0. The van der Waals surface area contributed by atoms with Crippen molar-refractivity contribution in [1.29, 1.82) is 0 Å². The van der Waals surface area contributed by atoms with Crippen LogP contribution >= 0.6 is 11.3 Å². The molecule has 1 fully saturated rings. The van der Waals surface area contributed by atoms with E-state index in [1.807, 2.05) is 23.1 Å². The van der Waals surface area contributed by atoms with Gasteiger partial charge in [0.15, 0.2) is 0 Å². The molecule has 2 aromatic carbocycles. The zero-order valence-corrected chi connectivity index (χ0v) is 16.6. The molecule has 1 aliphatic rings. The van der Waals surface area contributed by atoms with Crippen LogP contribution in [0, 0.1) is 0 Å². The van der Waals surface area contributed by atoms with Crippen LogP contribution < -0.4 is 4.31 Å². The van der Waals surface area contributed by atoms with E-state index in [0.717, 1.165) is 36.0 Å². The monoisotopic (exact) mass is 400 g/mol. The Kier molecular flexibility index (Phi) is 4.65. The molecule has 0 bridgehead atoms. The summed E-state index contributed by atoms with van der Waals surface area (Å²) in [6.45, 7) is 1.63. The first-order valence-corrected chi connectivity index (χ1v) is 11.1. The van der Waals surface area contributed by atoms with E-state index >= 15 is 0 Å². The molecular weight excluding hydrogens is 380 g/mol. The molecule has 4 rings (SSSR count). The number of sulfonamides is 1. The van der Waals surface area contributed by atoms with Gasteiger partial charge in [0.05, 0.1) is 15.5 Å². The third kappa shape index (κ3) is 3.33. The van der Waals surface area contributed by atoms with Gasteiger partial charge in [0.25, 0.3) is 15.9 Å². The van der Waals surface area contributed by atoms with Crippen molar-refractivity contribution in [2.45, 2.75) is 17.7 Å². The molecule has 0 aliphatic carbocycles. The van der Waals surface area contributed by atoms with Gasteiger partial charge in [0.1, 0.15) is 0 Å². The van der Waals surface area contributed by atoms with Gasteiger partial charge in [-0.25, -0.2) is 8.42 Å². The van der Waals surface area contributed by atoms with Crippen LogP contribution in [0.2, 0.25) is 0 Å². The van der Waals surface area contributed by atoms with E-state index in [9.17, 15) is 13.2 Å². The second-order valence-electron chi connectivity index (χ2n) is 6.62. The van der Waals surface area contributed by atoms with Gasteiger partial charge in [-0.15, -0.1) is 11.3 Å². The molecule has 0 saturated carbocycles. The standard InChI is InChI=1S/C20H20N2O3S2/c1-21(27(24,25)17-7-3-2-4-8-17)16-9-10-18-15(13-16)14-19(26-18)20(23)22-11-5-6-12-22/h2-4,7-10,13-14H,5-6,11-12H2,1H3. The van der Waals surface area contributed by atoms with Crippen molar-refractivity contribution in [3.05, 3.63) is 59.5 Å². The Labute approximate surface area is 162 Å². The SMILES string of the molecule is CN(c1ccc2sc(C(=O)N3CCCC3)cc2c1)S(=O)(=O)c1ccccc1. The number of fused-ring (bicyclic) bond motifs is 1. The summed E-state index contributed by atoms with van der Waals surface area (Å²) in [7, 11) is -2.07. The fraction of sp³-hybridized carbons (Fsp3) is 0.250. The van der Waals surface area contributed by atoms with Crippen LogP contribution in [-0.2, 0) is 10.0 Å². The van der Waals surface area contributed by atoms with E-state index in [2.05, 4.69) is 0 Å². The Morgan fingerprint density at radius 2 is 1.74 bits per heavy atom. The quantitative estimate of drug-likeness (QED) is 0.666. The molecule has 0 atom stereocenters. The molecule has 1 aromatic heterocycles. The van der Waals surface area contributed by atoms with Gasteiger partial charge in [0, 0.05) is 24.8 Å². The second kappa shape index (κ2) is 6.98. The maximum Gasteiger partial charge on any atom is 0.264 e. The lowest BCUT2D eigenvalue weighted by Crippen LogP contribution is -2.26. The molecule has 27 heavy (non-hydrogen) atoms. The Bertz CT molecular complexity index is 1080. The summed E-state index contributed by atoms with van der Waals surface area (Å²) in [4.78, 5) is 15.5. The van der Waals surface area contributed by atoms with Crippen molar-refractivity contribution >= 4 is 43.0 Å². The molecule has 7 heteroatoms. The second-order valence-corrected chi connectivity index (χ2v) is 9.67. The maximum absolute atomic E-state index is 12.8. The third-order valence-electron chi connectivity index (χ3n) is 4.87. The van der Waals surface area contributed by atoms with Gasteiger partial charge >= 0.3 is 0 Å². The molecule has 0 unspecified atom stereocenters. The lowest BCUT2D eigenvalue weighted by atomic mass is 10.2. The van der Waals surface area contributed by atoms with Gasteiger partial charge in [-0.1, -0.05) is 18.2 Å². The molecule has 2 heterocycles. The molecule has 3 aromatic rings. The van der Waals surface area contributed by atoms with Crippen molar-refractivity contribution in [2.24, 2.45) is 0 Å². The number of likely N-dealkylation sites (tertiary alicyclic amines) is 1. The Balaban J connectivity index is 1.66. The van der Waals surface area contributed by atoms with E-state index in [0.29, 0.717) is 10.6 Å². The van der Waals surface area contributed by atoms with E-state index < -0.39 is 10.0 Å². The highest BCUT2D eigenvalue weighted by Crippen LogP contribution is 2.32. The minimum Gasteiger partial charge on any atom is -0.338 e. The van der Waals surface area contributed by atoms with Crippen molar-refractivity contribution in [3.8, 4) is 0 Å². The average molecular weight is 401 g/mol. The van der Waals surface area contributed by atoms with E-state index in [-0.39, 0.29) is 10.8 Å². The number of carbonyl (C=O) groups is 1. The van der Waals surface area contributed by atoms with Crippen molar-refractivity contribution in [2.75, 3.05) is 24.4 Å². The van der Waals surface area contributed by atoms with Crippen molar-refractivity contribution < 1.29 is 13.2 Å². The fourth-order valence-electron chi connectivity index (χ4n) is 3.30. The smallest absolute Gasteiger partial charge is 0.264 e. The summed E-state index contributed by atoms with van der Waals surface area (Å²) in [5.41, 5.74) is 0.573. The van der Waals surface area contributed by atoms with Crippen LogP contribution in [-0.4, -0.2) is 39.4 Å². The molecule has 5 nitrogen and oxygen atoms in total. The molecule has 0 radical (unpaired) electrons. The Morgan fingerprint density at radius 1 is 1.04 bits per heavy atom. The Morgan fingerprint density at radius 3 is 2.44 bits per heavy atom. The van der Waals surface area contributed by atoms with Gasteiger partial charge in [-0.2, -0.15) is 0 Å². The van der Waals surface area contributed by atoms with Gasteiger partial charge < -0.3 is 4.90 Å². The van der Waals surface area contributed by atoms with E-state index in [1.54, 1.807) is 43.4 Å². The summed E-state index contributed by atoms with van der Waals surface area (Å²) in [6.07, 6.45) is 2.12. The summed E-state index contributed by atoms with van der Waals surface area (Å²) in [5.74, 6) is 0.0699. The van der Waals surface area contributed by atoms with E-state index in [1.165, 1.54) is 15.6 Å². The summed E-state index contributed by atoms with van der Waals surface area (Å²) >= 11 is 1.46. The van der Waals surface area contributed by atoms with Crippen molar-refractivity contribution in [3.63, 3.8) is 0 Å². The van der Waals surface area contributed by atoms with Crippen LogP contribution in [0.3, 0.4) is 0 Å². The first kappa shape index (κ1) is 18.0. The summed E-state index contributed by atoms with van der Waals surface area (Å²) < 4.78 is 27.9. The molecule has 1 saturated heterocycles. The molecule has 0 spiro atoms. The van der Waals surface area contributed by atoms with E-state index in [4.69, 9.17) is 0 Å². The highest BCUT2D eigenvalue weighted by Gasteiger charge is 2.23. The van der Waals surface area contributed by atoms with Crippen LogP contribution in [0.5, 0.6) is 0 Å². The molecular formula is C20H20N2O3S2. The van der Waals surface area contributed by atoms with Crippen molar-refractivity contribution in [1.82, 2.24) is 4.90 Å². The zero-order chi connectivity index (χ0) is 19.0. The van der Waals surface area contributed by atoms with Crippen LogP contribution in [0.4, 0.5) is 5.69 Å². The molecule has 1 amide bonds. The lowest BCUT2D eigenvalue weighted by molar-refractivity contribution is 0.0797. The number of thiophene rings is 1. The molecule has 0 N–H and O–H groups in total. The molecule has 140 valence electrons. The fourth-order valence-corrected chi connectivity index (χ4v) is 5.52. The number of benzene rings is 2. The summed E-state index contributed by atoms with van der Waals surface area (Å²) in [5, 5.41) is 0.884. The van der Waals surface area contributed by atoms with Gasteiger partial charge in [-0.3, -0.25) is 9.10 Å². The van der Waals surface area contributed by atoms with Gasteiger partial charge in [0.2, 0.25) is 0 Å². The predicted molar refractivity (Wildman–Crippen MR) is 109 cm³/mol. The number of rotatable bonds is 4. The number of carbonyl (C=O) groups excluding carboxylic acids is 1. The normalized spacial score (nSPS) is 14.6. The first-order valence-electron chi connectivity index (χ1n) is 8.84. The average Bonchev–Trinajstić information content (AvgIpc) is 3.36. The Hall–Kier alpha value is -2.38. The number of hydrogen-bond acceptors (Lipinski definition) is 4. The zero-order valence-electron chi connectivity index (χ0n) is 15.0. The minimum atomic E-state index is -3.62. The third-order valence-corrected chi connectivity index (χ3v) is 7.77. The number of nitrogens with zero attached hydrogens (tertiary/aromatic N) is 2. The van der Waals surface area contributed by atoms with Crippen LogP contribution in [0.1, 0.15) is 22.5 Å². The minimum absolute atomic E-state index is 0.0699. The van der Waals surface area contributed by atoms with Crippen LogP contribution in [0.15, 0.2) is 59.5 Å². The number of hydrogen-bond donors (Lipinski definition) is 0. The number of amides is 1. The highest BCUT2D eigenvalue weighted by molar-refractivity contribution is 7.92. The van der Waals surface area contributed by atoms with Gasteiger partial charge in [-0.05, 0) is 54.6 Å². The molecule has 1 aliphatic heterocycles. The van der Waals surface area contributed by atoms with Crippen LogP contribution in [0.25, 0.3) is 10.1 Å². The predicted octanol–water partition coefficient (Wildman–Crippen LogP) is 3.96. The lowest BCUT2D eigenvalue weighted by Gasteiger charge is -2.19.